The van der Waals surface area contributed by atoms with Gasteiger partial charge >= 0.3 is 12.0 Å². The summed E-state index contributed by atoms with van der Waals surface area (Å²) in [6.45, 7) is 8.22. The van der Waals surface area contributed by atoms with Crippen LogP contribution in [0.5, 0.6) is 0 Å². The van der Waals surface area contributed by atoms with Gasteiger partial charge in [-0.3, -0.25) is 0 Å². The molecule has 120 valence electrons. The van der Waals surface area contributed by atoms with E-state index in [9.17, 15) is 14.7 Å². The highest BCUT2D eigenvalue weighted by Gasteiger charge is 2.50. The van der Waals surface area contributed by atoms with Crippen LogP contribution in [-0.2, 0) is 4.79 Å². The zero-order valence-corrected chi connectivity index (χ0v) is 14.0. The molecule has 21 heavy (non-hydrogen) atoms. The molecule has 1 N–H and O–H groups in total. The van der Waals surface area contributed by atoms with Gasteiger partial charge in [-0.1, -0.05) is 13.3 Å². The van der Waals surface area contributed by atoms with Crippen LogP contribution in [0.15, 0.2) is 0 Å². The van der Waals surface area contributed by atoms with Crippen molar-refractivity contribution in [3.8, 4) is 0 Å². The molecule has 0 aliphatic carbocycles. The van der Waals surface area contributed by atoms with E-state index in [0.717, 1.165) is 18.6 Å². The Balaban J connectivity index is 2.18. The largest absolute Gasteiger partial charge is 0.479 e. The van der Waals surface area contributed by atoms with E-state index in [4.69, 9.17) is 0 Å². The average Bonchev–Trinajstić information content (AvgIpc) is 2.82. The second-order valence-corrected chi connectivity index (χ2v) is 8.46. The maximum atomic E-state index is 12.9. The Kier molecular flexibility index (Phi) is 4.76. The van der Waals surface area contributed by atoms with Crippen molar-refractivity contribution in [2.75, 3.05) is 25.4 Å². The van der Waals surface area contributed by atoms with Gasteiger partial charge in [0.1, 0.15) is 5.54 Å². The fourth-order valence-electron chi connectivity index (χ4n) is 3.51. The Bertz CT molecular complexity index is 427. The SMILES string of the molecule is CCCC1(C(=O)O)CCCN1C(=O)N1CCSC(C)(C)C1. The maximum Gasteiger partial charge on any atom is 0.329 e. The van der Waals surface area contributed by atoms with Crippen molar-refractivity contribution in [1.29, 1.82) is 0 Å². The fourth-order valence-corrected chi connectivity index (χ4v) is 4.62. The lowest BCUT2D eigenvalue weighted by Gasteiger charge is -2.42. The van der Waals surface area contributed by atoms with Gasteiger partial charge in [0.05, 0.1) is 0 Å². The highest BCUT2D eigenvalue weighted by Crippen LogP contribution is 2.36. The number of carbonyl (C=O) groups is 2. The third-order valence-electron chi connectivity index (χ3n) is 4.48. The maximum absolute atomic E-state index is 12.9. The number of rotatable bonds is 3. The highest BCUT2D eigenvalue weighted by atomic mass is 32.2. The molecule has 0 radical (unpaired) electrons. The average molecular weight is 314 g/mol. The quantitative estimate of drug-likeness (QED) is 0.870. The molecular weight excluding hydrogens is 288 g/mol. The van der Waals surface area contributed by atoms with Gasteiger partial charge in [-0.2, -0.15) is 11.8 Å². The number of carbonyl (C=O) groups excluding carboxylic acids is 1. The molecule has 2 heterocycles. The Morgan fingerprint density at radius 3 is 2.57 bits per heavy atom. The number of carboxylic acids is 1. The minimum atomic E-state index is -0.986. The lowest BCUT2D eigenvalue weighted by molar-refractivity contribution is -0.148. The van der Waals surface area contributed by atoms with Crippen LogP contribution in [0.1, 0.15) is 46.5 Å². The molecule has 2 fully saturated rings. The number of hydrogen-bond donors (Lipinski definition) is 1. The van der Waals surface area contributed by atoms with Crippen molar-refractivity contribution in [1.82, 2.24) is 9.80 Å². The number of amides is 2. The van der Waals surface area contributed by atoms with E-state index in [1.807, 2.05) is 23.6 Å². The normalized spacial score (nSPS) is 28.7. The molecule has 6 heteroatoms. The zero-order chi connectivity index (χ0) is 15.7. The van der Waals surface area contributed by atoms with Crippen molar-refractivity contribution in [3.05, 3.63) is 0 Å². The lowest BCUT2D eigenvalue weighted by atomic mass is 9.91. The highest BCUT2D eigenvalue weighted by molar-refractivity contribution is 8.00. The Morgan fingerprint density at radius 1 is 1.29 bits per heavy atom. The van der Waals surface area contributed by atoms with E-state index in [1.165, 1.54) is 0 Å². The topological polar surface area (TPSA) is 60.9 Å². The minimum absolute atomic E-state index is 0.0459. The van der Waals surface area contributed by atoms with Crippen LogP contribution >= 0.6 is 11.8 Å². The number of carboxylic acid groups (broad SMARTS) is 1. The monoisotopic (exact) mass is 314 g/mol. The van der Waals surface area contributed by atoms with Crippen molar-refractivity contribution in [3.63, 3.8) is 0 Å². The number of thioether (sulfide) groups is 1. The Hall–Kier alpha value is -0.910. The molecule has 1 unspecified atom stereocenters. The number of nitrogens with zero attached hydrogens (tertiary/aromatic N) is 2. The van der Waals surface area contributed by atoms with Crippen molar-refractivity contribution >= 4 is 23.8 Å². The van der Waals surface area contributed by atoms with Gasteiger partial charge in [0.15, 0.2) is 0 Å². The zero-order valence-electron chi connectivity index (χ0n) is 13.2. The molecule has 2 aliphatic heterocycles. The molecule has 2 amide bonds. The summed E-state index contributed by atoms with van der Waals surface area (Å²) in [6.07, 6.45) is 2.68. The summed E-state index contributed by atoms with van der Waals surface area (Å²) in [4.78, 5) is 28.2. The van der Waals surface area contributed by atoms with Gasteiger partial charge in [0, 0.05) is 30.1 Å². The molecule has 2 rings (SSSR count). The molecule has 0 spiro atoms. The second-order valence-electron chi connectivity index (χ2n) is 6.65. The fraction of sp³-hybridized carbons (Fsp3) is 0.867. The van der Waals surface area contributed by atoms with Crippen molar-refractivity contribution in [2.45, 2.75) is 56.7 Å². The first kappa shape index (κ1) is 16.5. The first-order valence-corrected chi connectivity index (χ1v) is 8.75. The summed E-state index contributed by atoms with van der Waals surface area (Å²) in [6, 6.07) is -0.0864. The smallest absolute Gasteiger partial charge is 0.329 e. The summed E-state index contributed by atoms with van der Waals surface area (Å²) in [5, 5.41) is 9.70. The van der Waals surface area contributed by atoms with E-state index in [0.29, 0.717) is 32.5 Å². The summed E-state index contributed by atoms with van der Waals surface area (Å²) >= 11 is 1.87. The van der Waals surface area contributed by atoms with Crippen LogP contribution in [0.2, 0.25) is 0 Å². The van der Waals surface area contributed by atoms with Gasteiger partial charge in [0.25, 0.3) is 0 Å². The standard InChI is InChI=1S/C15H26N2O3S/c1-4-6-15(12(18)19)7-5-8-17(15)13(20)16-9-10-21-14(2,3)11-16/h4-11H2,1-3H3,(H,18,19). The number of hydrogen-bond acceptors (Lipinski definition) is 3. The second kappa shape index (κ2) is 6.07. The van der Waals surface area contributed by atoms with E-state index < -0.39 is 11.5 Å². The molecule has 0 aromatic carbocycles. The minimum Gasteiger partial charge on any atom is -0.479 e. The van der Waals surface area contributed by atoms with Crippen LogP contribution in [0.3, 0.4) is 0 Å². The van der Waals surface area contributed by atoms with Crippen molar-refractivity contribution in [2.24, 2.45) is 0 Å². The Morgan fingerprint density at radius 2 is 2.00 bits per heavy atom. The van der Waals surface area contributed by atoms with Gasteiger partial charge in [-0.15, -0.1) is 0 Å². The number of urea groups is 1. The molecule has 0 bridgehead atoms. The van der Waals surface area contributed by atoms with Crippen molar-refractivity contribution < 1.29 is 14.7 Å². The summed E-state index contributed by atoms with van der Waals surface area (Å²) in [5.74, 6) is 0.0707. The summed E-state index contributed by atoms with van der Waals surface area (Å²) in [7, 11) is 0. The molecule has 2 saturated heterocycles. The molecular formula is C15H26N2O3S. The van der Waals surface area contributed by atoms with Crippen LogP contribution in [0.25, 0.3) is 0 Å². The van der Waals surface area contributed by atoms with Crippen LogP contribution < -0.4 is 0 Å². The van der Waals surface area contributed by atoms with E-state index in [1.54, 1.807) is 4.90 Å². The van der Waals surface area contributed by atoms with E-state index >= 15 is 0 Å². The first-order chi connectivity index (χ1) is 9.82. The van der Waals surface area contributed by atoms with Gasteiger partial charge < -0.3 is 14.9 Å². The molecule has 5 nitrogen and oxygen atoms in total. The van der Waals surface area contributed by atoms with E-state index in [-0.39, 0.29) is 10.8 Å². The van der Waals surface area contributed by atoms with Crippen LogP contribution in [-0.4, -0.2) is 62.6 Å². The lowest BCUT2D eigenvalue weighted by Crippen LogP contribution is -2.59. The van der Waals surface area contributed by atoms with Gasteiger partial charge in [-0.25, -0.2) is 9.59 Å². The molecule has 1 atom stereocenters. The molecule has 0 saturated carbocycles. The van der Waals surface area contributed by atoms with Crippen LogP contribution in [0.4, 0.5) is 4.79 Å². The predicted octanol–water partition coefficient (Wildman–Crippen LogP) is 2.65. The predicted molar refractivity (Wildman–Crippen MR) is 84.7 cm³/mol. The molecule has 0 aromatic heterocycles. The number of aliphatic carboxylic acids is 1. The van der Waals surface area contributed by atoms with Gasteiger partial charge in [-0.05, 0) is 33.1 Å². The van der Waals surface area contributed by atoms with Crippen LogP contribution in [0, 0.1) is 0 Å². The summed E-state index contributed by atoms with van der Waals surface area (Å²) in [5.41, 5.74) is -0.986. The third-order valence-corrected chi connectivity index (χ3v) is 5.77. The van der Waals surface area contributed by atoms with Gasteiger partial charge in [0.2, 0.25) is 0 Å². The van der Waals surface area contributed by atoms with E-state index in [2.05, 4.69) is 13.8 Å². The Labute approximate surface area is 131 Å². The molecule has 0 aromatic rings. The first-order valence-electron chi connectivity index (χ1n) is 7.76. The third kappa shape index (κ3) is 3.15. The summed E-state index contributed by atoms with van der Waals surface area (Å²) < 4.78 is 0.0459. The number of likely N-dealkylation sites (tertiary alicyclic amines) is 1. The molecule has 2 aliphatic rings.